The minimum atomic E-state index is -0.953. The summed E-state index contributed by atoms with van der Waals surface area (Å²) in [6, 6.07) is 12.4. The summed E-state index contributed by atoms with van der Waals surface area (Å²) in [5, 5.41) is 16.1. The number of rotatable bonds is 9. The quantitative estimate of drug-likeness (QED) is 0.409. The zero-order valence-corrected chi connectivity index (χ0v) is 20.9. The fourth-order valence-corrected chi connectivity index (χ4v) is 4.51. The number of fused-ring (bicyclic) bond motifs is 1. The molecule has 1 amide bonds. The van der Waals surface area contributed by atoms with Crippen LogP contribution >= 0.6 is 11.6 Å². The molecule has 1 N–H and O–H groups in total. The Morgan fingerprint density at radius 2 is 1.78 bits per heavy atom. The Balaban J connectivity index is 1.74. The first-order valence-electron chi connectivity index (χ1n) is 11.3. The molecular weight excluding hydrogens is 486 g/mol. The van der Waals surface area contributed by atoms with Crippen LogP contribution < -0.4 is 14.2 Å². The van der Waals surface area contributed by atoms with Crippen LogP contribution in [0.2, 0.25) is 5.15 Å². The lowest BCUT2D eigenvalue weighted by Crippen LogP contribution is -2.27. The van der Waals surface area contributed by atoms with Crippen LogP contribution in [0.3, 0.4) is 0 Å². The predicted molar refractivity (Wildman–Crippen MR) is 135 cm³/mol. The molecule has 1 aliphatic heterocycles. The van der Waals surface area contributed by atoms with Gasteiger partial charge in [0.05, 0.1) is 33.1 Å². The lowest BCUT2D eigenvalue weighted by molar-refractivity contribution is -0.137. The summed E-state index contributed by atoms with van der Waals surface area (Å²) in [4.78, 5) is 28.7. The second kappa shape index (κ2) is 10.8. The number of ether oxygens (including phenoxy) is 3. The average Bonchev–Trinajstić information content (AvgIpc) is 3.32. The van der Waals surface area contributed by atoms with Gasteiger partial charge in [0.2, 0.25) is 5.91 Å². The minimum absolute atomic E-state index is 0.0396. The fraction of sp³-hybridized carbons (Fsp3) is 0.308. The molecule has 2 heterocycles. The van der Waals surface area contributed by atoms with Crippen molar-refractivity contribution in [1.29, 1.82) is 0 Å². The van der Waals surface area contributed by atoms with Crippen molar-refractivity contribution in [2.75, 3.05) is 21.3 Å². The van der Waals surface area contributed by atoms with Gasteiger partial charge in [-0.3, -0.25) is 9.59 Å². The first-order chi connectivity index (χ1) is 17.4. The Morgan fingerprint density at radius 1 is 1.03 bits per heavy atom. The Labute approximate surface area is 213 Å². The summed E-state index contributed by atoms with van der Waals surface area (Å²) in [5.74, 6) is 0.465. The van der Waals surface area contributed by atoms with E-state index in [1.807, 2.05) is 24.3 Å². The van der Waals surface area contributed by atoms with E-state index in [0.29, 0.717) is 40.5 Å². The first kappa shape index (κ1) is 25.2. The van der Waals surface area contributed by atoms with Gasteiger partial charge in [-0.05, 0) is 36.8 Å². The molecule has 4 rings (SSSR count). The molecule has 3 aromatic rings. The van der Waals surface area contributed by atoms with E-state index in [9.17, 15) is 9.59 Å². The molecule has 2 aromatic carbocycles. The third kappa shape index (κ3) is 5.06. The van der Waals surface area contributed by atoms with Crippen LogP contribution in [0.4, 0.5) is 0 Å². The van der Waals surface area contributed by atoms with E-state index in [1.165, 1.54) is 5.01 Å². The maximum atomic E-state index is 13.2. The molecule has 36 heavy (non-hydrogen) atoms. The number of carbonyl (C=O) groups is 2. The van der Waals surface area contributed by atoms with Crippen LogP contribution in [0.1, 0.15) is 42.9 Å². The summed E-state index contributed by atoms with van der Waals surface area (Å²) < 4.78 is 16.2. The van der Waals surface area contributed by atoms with Crippen molar-refractivity contribution in [2.45, 2.75) is 31.7 Å². The molecule has 0 saturated carbocycles. The molecule has 1 aliphatic rings. The van der Waals surface area contributed by atoms with Crippen LogP contribution in [-0.2, 0) is 9.59 Å². The van der Waals surface area contributed by atoms with Gasteiger partial charge in [0.15, 0.2) is 11.5 Å². The van der Waals surface area contributed by atoms with Crippen LogP contribution in [-0.4, -0.2) is 54.0 Å². The Morgan fingerprint density at radius 3 is 2.47 bits per heavy atom. The minimum Gasteiger partial charge on any atom is -0.494 e. The fourth-order valence-electron chi connectivity index (χ4n) is 4.24. The molecule has 188 valence electrons. The summed E-state index contributed by atoms with van der Waals surface area (Å²) >= 11 is 6.64. The molecule has 0 saturated heterocycles. The van der Waals surface area contributed by atoms with E-state index >= 15 is 0 Å². The van der Waals surface area contributed by atoms with Crippen LogP contribution in [0.5, 0.6) is 17.2 Å². The van der Waals surface area contributed by atoms with Crippen molar-refractivity contribution in [2.24, 2.45) is 5.10 Å². The van der Waals surface area contributed by atoms with Gasteiger partial charge in [-0.1, -0.05) is 23.7 Å². The molecule has 1 aromatic heterocycles. The number of benzene rings is 2. The zero-order valence-electron chi connectivity index (χ0n) is 20.2. The van der Waals surface area contributed by atoms with Crippen molar-refractivity contribution in [1.82, 2.24) is 9.99 Å². The Hall–Kier alpha value is -3.85. The summed E-state index contributed by atoms with van der Waals surface area (Å²) in [6.07, 6.45) is 0.531. The SMILES string of the molecule is COc1ccc(C2=NN(C(=O)CCCC(=O)O)C(c3cc4cccc(OC)c4nc3Cl)C2)cc1OC. The van der Waals surface area contributed by atoms with Gasteiger partial charge in [0.1, 0.15) is 16.4 Å². The van der Waals surface area contributed by atoms with Gasteiger partial charge in [-0.15, -0.1) is 0 Å². The summed E-state index contributed by atoms with van der Waals surface area (Å²) in [6.45, 7) is 0. The normalized spacial score (nSPS) is 15.1. The number of amides is 1. The van der Waals surface area contributed by atoms with E-state index in [1.54, 1.807) is 39.5 Å². The second-order valence-electron chi connectivity index (χ2n) is 8.22. The van der Waals surface area contributed by atoms with Crippen molar-refractivity contribution >= 4 is 40.1 Å². The highest BCUT2D eigenvalue weighted by Gasteiger charge is 2.35. The third-order valence-electron chi connectivity index (χ3n) is 6.03. The molecular formula is C26H26ClN3O6. The van der Waals surface area contributed by atoms with Crippen molar-refractivity contribution < 1.29 is 28.9 Å². The molecule has 0 aliphatic carbocycles. The predicted octanol–water partition coefficient (Wildman–Crippen LogP) is 4.85. The number of carboxylic acid groups (broad SMARTS) is 1. The van der Waals surface area contributed by atoms with Crippen molar-refractivity contribution in [3.63, 3.8) is 0 Å². The van der Waals surface area contributed by atoms with E-state index in [0.717, 1.165) is 10.9 Å². The van der Waals surface area contributed by atoms with E-state index < -0.39 is 12.0 Å². The number of para-hydroxylation sites is 1. The largest absolute Gasteiger partial charge is 0.494 e. The zero-order chi connectivity index (χ0) is 25.8. The van der Waals surface area contributed by atoms with Crippen LogP contribution in [0.25, 0.3) is 10.9 Å². The number of aromatic nitrogens is 1. The molecule has 0 spiro atoms. The number of hydrogen-bond acceptors (Lipinski definition) is 7. The van der Waals surface area contributed by atoms with Crippen molar-refractivity contribution in [3.8, 4) is 17.2 Å². The number of methoxy groups -OCH3 is 3. The average molecular weight is 512 g/mol. The van der Waals surface area contributed by atoms with Crippen LogP contribution in [0.15, 0.2) is 47.6 Å². The van der Waals surface area contributed by atoms with E-state index in [-0.39, 0.29) is 30.3 Å². The van der Waals surface area contributed by atoms with Gasteiger partial charge in [0, 0.05) is 35.8 Å². The highest BCUT2D eigenvalue weighted by molar-refractivity contribution is 6.30. The first-order valence-corrected chi connectivity index (χ1v) is 11.7. The number of hydrogen-bond donors (Lipinski definition) is 1. The number of hydrazone groups is 1. The standard InChI is InChI=1S/C26H26ClN3O6/c1-34-20-11-10-15(13-22(20)36-3)18-14-19(30(29-18)23(31)8-5-9-24(32)33)17-12-16-6-4-7-21(35-2)25(16)28-26(17)27/h4,6-7,10-13,19H,5,8-9,14H2,1-3H3,(H,32,33). The van der Waals surface area contributed by atoms with Gasteiger partial charge in [-0.25, -0.2) is 9.99 Å². The molecule has 0 bridgehead atoms. The van der Waals surface area contributed by atoms with Gasteiger partial charge < -0.3 is 19.3 Å². The number of carboxylic acids is 1. The molecule has 1 atom stereocenters. The van der Waals surface area contributed by atoms with Gasteiger partial charge in [0.25, 0.3) is 0 Å². The molecule has 10 heteroatoms. The Bertz CT molecular complexity index is 1340. The smallest absolute Gasteiger partial charge is 0.303 e. The Kier molecular flexibility index (Phi) is 7.59. The summed E-state index contributed by atoms with van der Waals surface area (Å²) in [7, 11) is 4.67. The highest BCUT2D eigenvalue weighted by Crippen LogP contribution is 2.39. The highest BCUT2D eigenvalue weighted by atomic mass is 35.5. The summed E-state index contributed by atoms with van der Waals surface area (Å²) in [5.41, 5.74) is 2.69. The lowest BCUT2D eigenvalue weighted by atomic mass is 9.98. The van der Waals surface area contributed by atoms with E-state index in [2.05, 4.69) is 10.1 Å². The number of nitrogens with zero attached hydrogens (tertiary/aromatic N) is 3. The molecule has 9 nitrogen and oxygen atoms in total. The monoisotopic (exact) mass is 511 g/mol. The number of carbonyl (C=O) groups excluding carboxylic acids is 1. The molecule has 0 fully saturated rings. The topological polar surface area (TPSA) is 111 Å². The maximum absolute atomic E-state index is 13.2. The molecule has 0 radical (unpaired) electrons. The lowest BCUT2D eigenvalue weighted by Gasteiger charge is -2.23. The number of pyridine rings is 1. The number of halogens is 1. The van der Waals surface area contributed by atoms with E-state index in [4.69, 9.17) is 30.9 Å². The maximum Gasteiger partial charge on any atom is 0.303 e. The van der Waals surface area contributed by atoms with Crippen molar-refractivity contribution in [3.05, 3.63) is 58.7 Å². The van der Waals surface area contributed by atoms with Crippen LogP contribution in [0, 0.1) is 0 Å². The number of aliphatic carboxylic acids is 1. The van der Waals surface area contributed by atoms with Gasteiger partial charge >= 0.3 is 5.97 Å². The third-order valence-corrected chi connectivity index (χ3v) is 6.33. The molecule has 1 unspecified atom stereocenters. The second-order valence-corrected chi connectivity index (χ2v) is 8.58. The van der Waals surface area contributed by atoms with Gasteiger partial charge in [-0.2, -0.15) is 5.10 Å².